The summed E-state index contributed by atoms with van der Waals surface area (Å²) in [5.74, 6) is 0.230. The second-order valence-corrected chi connectivity index (χ2v) is 5.18. The Kier molecular flexibility index (Phi) is 3.35. The van der Waals surface area contributed by atoms with Gasteiger partial charge in [-0.25, -0.2) is 4.98 Å². The number of rotatable bonds is 4. The summed E-state index contributed by atoms with van der Waals surface area (Å²) in [5.41, 5.74) is 11.8. The van der Waals surface area contributed by atoms with Gasteiger partial charge in [-0.15, -0.1) is 0 Å². The second-order valence-electron chi connectivity index (χ2n) is 4.74. The number of nitrogens with two attached hydrogens (primary N) is 2. The minimum atomic E-state index is -0.0220. The van der Waals surface area contributed by atoms with Gasteiger partial charge in [0.05, 0.1) is 10.6 Å². The van der Waals surface area contributed by atoms with Crippen LogP contribution in [0.2, 0.25) is 5.02 Å². The first-order chi connectivity index (χ1) is 8.06. The van der Waals surface area contributed by atoms with Gasteiger partial charge in [-0.3, -0.25) is 4.79 Å². The van der Waals surface area contributed by atoms with Crippen molar-refractivity contribution in [2.45, 2.75) is 25.7 Å². The van der Waals surface area contributed by atoms with Crippen molar-refractivity contribution in [1.29, 1.82) is 0 Å². The average molecular weight is 254 g/mol. The normalized spacial score (nSPS) is 17.5. The molecule has 0 aromatic carbocycles. The molecule has 0 saturated heterocycles. The fourth-order valence-corrected chi connectivity index (χ4v) is 2.40. The molecule has 1 heterocycles. The second kappa shape index (κ2) is 4.63. The first kappa shape index (κ1) is 12.3. The van der Waals surface area contributed by atoms with Crippen LogP contribution in [0, 0.1) is 5.41 Å². The number of pyridine rings is 1. The molecule has 4 nitrogen and oxygen atoms in total. The molecule has 0 spiro atoms. The molecule has 4 N–H and O–H groups in total. The summed E-state index contributed by atoms with van der Waals surface area (Å²) in [6.07, 6.45) is 5.06. The van der Waals surface area contributed by atoms with Crippen molar-refractivity contribution in [3.63, 3.8) is 0 Å². The monoisotopic (exact) mass is 253 g/mol. The number of anilines is 1. The molecule has 92 valence electrons. The smallest absolute Gasteiger partial charge is 0.167 e. The van der Waals surface area contributed by atoms with E-state index in [4.69, 9.17) is 23.1 Å². The predicted molar refractivity (Wildman–Crippen MR) is 67.9 cm³/mol. The number of hydrogen-bond donors (Lipinski definition) is 2. The van der Waals surface area contributed by atoms with Gasteiger partial charge in [0.1, 0.15) is 5.82 Å². The van der Waals surface area contributed by atoms with E-state index >= 15 is 0 Å². The average Bonchev–Trinajstić information content (AvgIpc) is 2.26. The van der Waals surface area contributed by atoms with Gasteiger partial charge in [0.2, 0.25) is 0 Å². The number of Topliss-reactive ketones (excluding diaryl/α,β-unsaturated/α-hetero) is 1. The Morgan fingerprint density at radius 2 is 2.24 bits per heavy atom. The molecule has 1 aromatic heterocycles. The van der Waals surface area contributed by atoms with Crippen LogP contribution in [-0.2, 0) is 0 Å². The van der Waals surface area contributed by atoms with Crippen molar-refractivity contribution in [3.05, 3.63) is 22.8 Å². The summed E-state index contributed by atoms with van der Waals surface area (Å²) in [5, 5.41) is 0.429. The number of halogens is 1. The highest BCUT2D eigenvalue weighted by Gasteiger charge is 2.38. The Morgan fingerprint density at radius 3 is 2.76 bits per heavy atom. The van der Waals surface area contributed by atoms with Gasteiger partial charge in [-0.2, -0.15) is 0 Å². The van der Waals surface area contributed by atoms with Crippen LogP contribution in [-0.4, -0.2) is 17.3 Å². The number of hydrogen-bond acceptors (Lipinski definition) is 4. The van der Waals surface area contributed by atoms with Gasteiger partial charge >= 0.3 is 0 Å². The minimum absolute atomic E-state index is 0.0114. The van der Waals surface area contributed by atoms with Crippen LogP contribution >= 0.6 is 11.6 Å². The Hall–Kier alpha value is -1.13. The van der Waals surface area contributed by atoms with Gasteiger partial charge in [-0.05, 0) is 30.9 Å². The highest BCUT2D eigenvalue weighted by Crippen LogP contribution is 2.43. The number of ketones is 1. The Labute approximate surface area is 105 Å². The molecule has 0 unspecified atom stereocenters. The molecule has 1 aromatic rings. The largest absolute Gasteiger partial charge is 0.383 e. The van der Waals surface area contributed by atoms with Crippen LogP contribution in [0.15, 0.2) is 12.3 Å². The summed E-state index contributed by atoms with van der Waals surface area (Å²) in [6, 6.07) is 1.58. The maximum Gasteiger partial charge on any atom is 0.167 e. The van der Waals surface area contributed by atoms with E-state index in [-0.39, 0.29) is 17.0 Å². The van der Waals surface area contributed by atoms with Gasteiger partial charge in [0.15, 0.2) is 5.78 Å². The molecule has 1 aliphatic rings. The van der Waals surface area contributed by atoms with E-state index < -0.39 is 0 Å². The molecular weight excluding hydrogens is 238 g/mol. The quantitative estimate of drug-likeness (QED) is 0.805. The first-order valence-electron chi connectivity index (χ1n) is 5.71. The lowest BCUT2D eigenvalue weighted by Gasteiger charge is -2.40. The molecule has 2 rings (SSSR count). The topological polar surface area (TPSA) is 82.0 Å². The van der Waals surface area contributed by atoms with Crippen molar-refractivity contribution in [2.75, 3.05) is 12.3 Å². The molecule has 1 saturated carbocycles. The number of carbonyl (C=O) groups is 1. The van der Waals surface area contributed by atoms with E-state index in [1.165, 1.54) is 6.20 Å². The lowest BCUT2D eigenvalue weighted by atomic mass is 9.65. The molecule has 17 heavy (non-hydrogen) atoms. The van der Waals surface area contributed by atoms with E-state index in [2.05, 4.69) is 4.98 Å². The number of aromatic nitrogens is 1. The number of nitrogens with zero attached hydrogens (tertiary/aromatic N) is 1. The van der Waals surface area contributed by atoms with Crippen LogP contribution in [0.25, 0.3) is 0 Å². The van der Waals surface area contributed by atoms with E-state index in [9.17, 15) is 4.79 Å². The van der Waals surface area contributed by atoms with Gasteiger partial charge in [0, 0.05) is 12.6 Å². The van der Waals surface area contributed by atoms with Gasteiger partial charge < -0.3 is 11.5 Å². The molecule has 5 heteroatoms. The van der Waals surface area contributed by atoms with Crippen LogP contribution in [0.5, 0.6) is 0 Å². The predicted octanol–water partition coefficient (Wildman–Crippen LogP) is 2.02. The van der Waals surface area contributed by atoms with Crippen LogP contribution in [0.3, 0.4) is 0 Å². The van der Waals surface area contributed by atoms with Gasteiger partial charge in [-0.1, -0.05) is 18.0 Å². The summed E-state index contributed by atoms with van der Waals surface area (Å²) in [4.78, 5) is 16.0. The Balaban J connectivity index is 2.17. The maximum atomic E-state index is 12.2. The Morgan fingerprint density at radius 1 is 1.53 bits per heavy atom. The summed E-state index contributed by atoms with van der Waals surface area (Å²) < 4.78 is 0. The number of nitrogen functional groups attached to an aromatic ring is 1. The van der Waals surface area contributed by atoms with E-state index in [1.807, 2.05) is 0 Å². The van der Waals surface area contributed by atoms with E-state index in [0.717, 1.165) is 19.3 Å². The third-order valence-electron chi connectivity index (χ3n) is 3.57. The van der Waals surface area contributed by atoms with Crippen LogP contribution in [0.1, 0.15) is 36.0 Å². The van der Waals surface area contributed by atoms with Gasteiger partial charge in [0.25, 0.3) is 0 Å². The molecule has 0 amide bonds. The Bertz CT molecular complexity index is 438. The molecule has 1 fully saturated rings. The number of carbonyl (C=O) groups excluding carboxylic acids is 1. The fourth-order valence-electron chi connectivity index (χ4n) is 2.24. The molecular formula is C12H16ClN3O. The first-order valence-corrected chi connectivity index (χ1v) is 6.08. The van der Waals surface area contributed by atoms with Crippen molar-refractivity contribution in [1.82, 2.24) is 4.98 Å². The zero-order valence-electron chi connectivity index (χ0n) is 9.58. The summed E-state index contributed by atoms with van der Waals surface area (Å²) >= 11 is 5.82. The SMILES string of the molecule is NCC1(CC(=O)c2cc(Cl)cnc2N)CCC1. The lowest BCUT2D eigenvalue weighted by molar-refractivity contribution is 0.0786. The van der Waals surface area contributed by atoms with Crippen LogP contribution < -0.4 is 11.5 Å². The zero-order valence-corrected chi connectivity index (χ0v) is 10.3. The third-order valence-corrected chi connectivity index (χ3v) is 3.78. The highest BCUT2D eigenvalue weighted by atomic mass is 35.5. The van der Waals surface area contributed by atoms with Crippen molar-refractivity contribution < 1.29 is 4.79 Å². The molecule has 0 aliphatic heterocycles. The standard InChI is InChI=1S/C12H16ClN3O/c13-8-4-9(11(15)16-6-8)10(17)5-12(7-14)2-1-3-12/h4,6H,1-3,5,7,14H2,(H2,15,16). The summed E-state index contributed by atoms with van der Waals surface area (Å²) in [7, 11) is 0. The maximum absolute atomic E-state index is 12.2. The highest BCUT2D eigenvalue weighted by molar-refractivity contribution is 6.31. The van der Waals surface area contributed by atoms with Crippen molar-refractivity contribution >= 4 is 23.2 Å². The minimum Gasteiger partial charge on any atom is -0.383 e. The molecule has 1 aliphatic carbocycles. The van der Waals surface area contributed by atoms with E-state index in [0.29, 0.717) is 23.6 Å². The van der Waals surface area contributed by atoms with Crippen molar-refractivity contribution in [2.24, 2.45) is 11.1 Å². The molecule has 0 atom stereocenters. The fraction of sp³-hybridized carbons (Fsp3) is 0.500. The lowest BCUT2D eigenvalue weighted by Crippen LogP contribution is -2.39. The third kappa shape index (κ3) is 2.42. The molecule has 0 bridgehead atoms. The van der Waals surface area contributed by atoms with E-state index in [1.54, 1.807) is 6.07 Å². The molecule has 0 radical (unpaired) electrons. The zero-order chi connectivity index (χ0) is 12.5. The van der Waals surface area contributed by atoms with Crippen LogP contribution in [0.4, 0.5) is 5.82 Å². The summed E-state index contributed by atoms with van der Waals surface area (Å²) in [6.45, 7) is 0.548. The van der Waals surface area contributed by atoms with Crippen molar-refractivity contribution in [3.8, 4) is 0 Å².